The van der Waals surface area contributed by atoms with Crippen LogP contribution in [0.1, 0.15) is 56.6 Å². The zero-order valence-corrected chi connectivity index (χ0v) is 13.4. The first-order valence-corrected chi connectivity index (χ1v) is 8.19. The minimum absolute atomic E-state index is 0.133. The van der Waals surface area contributed by atoms with Gasteiger partial charge in [-0.2, -0.15) is 0 Å². The number of hydrogen-bond acceptors (Lipinski definition) is 1. The van der Waals surface area contributed by atoms with Crippen LogP contribution in [0, 0.1) is 30.4 Å². The molecule has 0 amide bonds. The summed E-state index contributed by atoms with van der Waals surface area (Å²) < 4.78 is 28.2. The van der Waals surface area contributed by atoms with Crippen molar-refractivity contribution in [2.24, 2.45) is 11.8 Å². The molecule has 0 aromatic heterocycles. The second-order valence-corrected chi connectivity index (χ2v) is 6.59. The van der Waals surface area contributed by atoms with Gasteiger partial charge in [0.25, 0.3) is 0 Å². The quantitative estimate of drug-likeness (QED) is 0.770. The summed E-state index contributed by atoms with van der Waals surface area (Å²) in [6.45, 7) is 7.86. The Morgan fingerprint density at radius 2 is 1.95 bits per heavy atom. The van der Waals surface area contributed by atoms with E-state index < -0.39 is 11.6 Å². The number of nitrogens with one attached hydrogen (secondary N) is 1. The molecule has 1 N–H and O–H groups in total. The lowest BCUT2D eigenvalue weighted by Gasteiger charge is -2.35. The minimum atomic E-state index is -0.675. The third-order valence-electron chi connectivity index (χ3n) is 4.79. The average molecular weight is 295 g/mol. The molecule has 118 valence electrons. The van der Waals surface area contributed by atoms with Gasteiger partial charge in [-0.3, -0.25) is 0 Å². The molecule has 0 bridgehead atoms. The Hall–Kier alpha value is -0.960. The third kappa shape index (κ3) is 3.82. The Morgan fingerprint density at radius 1 is 1.19 bits per heavy atom. The maximum Gasteiger partial charge on any atom is 0.162 e. The number of halogens is 2. The topological polar surface area (TPSA) is 12.0 Å². The summed E-state index contributed by atoms with van der Waals surface area (Å²) in [6, 6.07) is 3.51. The monoisotopic (exact) mass is 295 g/mol. The first kappa shape index (κ1) is 16.4. The molecule has 0 spiro atoms. The van der Waals surface area contributed by atoms with Gasteiger partial charge in [-0.05, 0) is 68.2 Å². The van der Waals surface area contributed by atoms with Crippen LogP contribution < -0.4 is 5.32 Å². The van der Waals surface area contributed by atoms with Crippen LogP contribution in [0.5, 0.6) is 0 Å². The predicted molar refractivity (Wildman–Crippen MR) is 83.5 cm³/mol. The summed E-state index contributed by atoms with van der Waals surface area (Å²) in [4.78, 5) is 0. The van der Waals surface area contributed by atoms with Crippen molar-refractivity contribution >= 4 is 0 Å². The summed E-state index contributed by atoms with van der Waals surface area (Å²) >= 11 is 0. The van der Waals surface area contributed by atoms with E-state index in [0.717, 1.165) is 32.4 Å². The summed E-state index contributed by atoms with van der Waals surface area (Å²) in [5.41, 5.74) is 0.966. The van der Waals surface area contributed by atoms with Gasteiger partial charge >= 0.3 is 0 Å². The van der Waals surface area contributed by atoms with Crippen LogP contribution in [0.25, 0.3) is 0 Å². The Balaban J connectivity index is 2.21. The molecule has 3 unspecified atom stereocenters. The van der Waals surface area contributed by atoms with E-state index in [9.17, 15) is 8.78 Å². The van der Waals surface area contributed by atoms with E-state index in [0.29, 0.717) is 23.0 Å². The highest BCUT2D eigenvalue weighted by Gasteiger charge is 2.32. The van der Waals surface area contributed by atoms with Gasteiger partial charge < -0.3 is 5.32 Å². The van der Waals surface area contributed by atoms with Gasteiger partial charge in [0.2, 0.25) is 0 Å². The molecule has 1 aliphatic rings. The lowest BCUT2D eigenvalue weighted by Crippen LogP contribution is -2.32. The van der Waals surface area contributed by atoms with Crippen molar-refractivity contribution in [3.63, 3.8) is 0 Å². The van der Waals surface area contributed by atoms with Crippen molar-refractivity contribution < 1.29 is 8.78 Å². The minimum Gasteiger partial charge on any atom is -0.316 e. The maximum absolute atomic E-state index is 14.3. The average Bonchev–Trinajstić information content (AvgIpc) is 2.47. The second-order valence-electron chi connectivity index (χ2n) is 6.59. The van der Waals surface area contributed by atoms with E-state index in [1.807, 2.05) is 0 Å². The molecule has 0 radical (unpaired) electrons. The molecule has 3 heteroatoms. The first-order chi connectivity index (χ1) is 10.0. The third-order valence-corrected chi connectivity index (χ3v) is 4.79. The zero-order chi connectivity index (χ0) is 15.4. The fourth-order valence-corrected chi connectivity index (χ4v) is 3.48. The molecule has 2 rings (SSSR count). The first-order valence-electron chi connectivity index (χ1n) is 8.19. The number of rotatable bonds is 5. The molecule has 1 aromatic rings. The van der Waals surface area contributed by atoms with Crippen LogP contribution in [-0.2, 0) is 0 Å². The Labute approximate surface area is 127 Å². The molecule has 21 heavy (non-hydrogen) atoms. The Morgan fingerprint density at radius 3 is 2.67 bits per heavy atom. The zero-order valence-electron chi connectivity index (χ0n) is 13.4. The molecule has 0 saturated heterocycles. The van der Waals surface area contributed by atoms with Crippen molar-refractivity contribution in [3.05, 3.63) is 34.9 Å². The van der Waals surface area contributed by atoms with E-state index in [1.165, 1.54) is 6.42 Å². The maximum atomic E-state index is 14.3. The molecule has 1 saturated carbocycles. The van der Waals surface area contributed by atoms with Gasteiger partial charge in [0.15, 0.2) is 11.6 Å². The molecule has 0 aliphatic heterocycles. The SMILES string of the molecule is CCCNCC1CCC(C)CC1c1ccc(C)c(F)c1F. The summed E-state index contributed by atoms with van der Waals surface area (Å²) in [5, 5.41) is 3.45. The van der Waals surface area contributed by atoms with Gasteiger partial charge in [-0.25, -0.2) is 8.78 Å². The molecule has 1 aromatic carbocycles. The Bertz CT molecular complexity index is 473. The second kappa shape index (κ2) is 7.35. The van der Waals surface area contributed by atoms with Gasteiger partial charge in [0.05, 0.1) is 0 Å². The molecule has 3 atom stereocenters. The van der Waals surface area contributed by atoms with Crippen LogP contribution in [-0.4, -0.2) is 13.1 Å². The number of hydrogen-bond donors (Lipinski definition) is 1. The predicted octanol–water partition coefficient (Wildman–Crippen LogP) is 4.79. The van der Waals surface area contributed by atoms with E-state index in [2.05, 4.69) is 19.2 Å². The van der Waals surface area contributed by atoms with Crippen molar-refractivity contribution in [2.75, 3.05) is 13.1 Å². The smallest absolute Gasteiger partial charge is 0.162 e. The highest BCUT2D eigenvalue weighted by atomic mass is 19.2. The Kier molecular flexibility index (Phi) is 5.74. The standard InChI is InChI=1S/C18H27F2N/c1-4-9-21-11-14-7-5-12(2)10-16(14)15-8-6-13(3)17(19)18(15)20/h6,8,12,14,16,21H,4-5,7,9-11H2,1-3H3. The van der Waals surface area contributed by atoms with Crippen LogP contribution in [0.15, 0.2) is 12.1 Å². The molecule has 1 aliphatic carbocycles. The summed E-state index contributed by atoms with van der Waals surface area (Å²) in [5.74, 6) is -0.181. The van der Waals surface area contributed by atoms with Crippen LogP contribution >= 0.6 is 0 Å². The lowest BCUT2D eigenvalue weighted by molar-refractivity contribution is 0.236. The molecule has 1 nitrogen and oxygen atoms in total. The molecular formula is C18H27F2N. The molecule has 1 fully saturated rings. The van der Waals surface area contributed by atoms with Gasteiger partial charge in [-0.1, -0.05) is 32.4 Å². The molecule has 0 heterocycles. The number of benzene rings is 1. The van der Waals surface area contributed by atoms with E-state index >= 15 is 0 Å². The van der Waals surface area contributed by atoms with Gasteiger partial charge in [-0.15, -0.1) is 0 Å². The van der Waals surface area contributed by atoms with Crippen LogP contribution in [0.2, 0.25) is 0 Å². The van der Waals surface area contributed by atoms with Crippen molar-refractivity contribution in [2.45, 2.75) is 52.4 Å². The van der Waals surface area contributed by atoms with Gasteiger partial charge in [0.1, 0.15) is 0 Å². The summed E-state index contributed by atoms with van der Waals surface area (Å²) in [7, 11) is 0. The van der Waals surface area contributed by atoms with Crippen molar-refractivity contribution in [1.82, 2.24) is 5.32 Å². The van der Waals surface area contributed by atoms with Crippen LogP contribution in [0.4, 0.5) is 8.78 Å². The van der Waals surface area contributed by atoms with Crippen molar-refractivity contribution in [3.8, 4) is 0 Å². The number of aryl methyl sites for hydroxylation is 1. The van der Waals surface area contributed by atoms with Crippen molar-refractivity contribution in [1.29, 1.82) is 0 Å². The van der Waals surface area contributed by atoms with E-state index in [-0.39, 0.29) is 5.92 Å². The van der Waals surface area contributed by atoms with Gasteiger partial charge in [0, 0.05) is 0 Å². The van der Waals surface area contributed by atoms with E-state index in [4.69, 9.17) is 0 Å². The fraction of sp³-hybridized carbons (Fsp3) is 0.667. The van der Waals surface area contributed by atoms with Crippen LogP contribution in [0.3, 0.4) is 0 Å². The highest BCUT2D eigenvalue weighted by molar-refractivity contribution is 5.29. The largest absolute Gasteiger partial charge is 0.316 e. The normalized spacial score (nSPS) is 26.0. The molecular weight excluding hydrogens is 268 g/mol. The summed E-state index contributed by atoms with van der Waals surface area (Å²) in [6.07, 6.45) is 4.33. The van der Waals surface area contributed by atoms with E-state index in [1.54, 1.807) is 19.1 Å². The fourth-order valence-electron chi connectivity index (χ4n) is 3.48. The lowest BCUT2D eigenvalue weighted by atomic mass is 9.71. The highest BCUT2D eigenvalue weighted by Crippen LogP contribution is 2.41.